The standard InChI is InChI=1S/C27H30O6/c28-22-23(32-17-20-12-6-2-7-13-20)25(29)27(31,16-19-10-4-1-5-11-19)26(30)24(22)33-18-21-14-8-3-9-15-21/h1-15,22-26,28-31H,16-18H2/t22?,23-,24-,25-,26+,27?/m0/s1. The minimum atomic E-state index is -1.98. The molecular weight excluding hydrogens is 420 g/mol. The van der Waals surface area contributed by atoms with Crippen molar-refractivity contribution in [1.82, 2.24) is 0 Å². The molecule has 1 saturated carbocycles. The van der Waals surface area contributed by atoms with E-state index in [1.807, 2.05) is 91.0 Å². The van der Waals surface area contributed by atoms with Gasteiger partial charge in [0, 0.05) is 6.42 Å². The number of hydrogen-bond donors (Lipinski definition) is 4. The van der Waals surface area contributed by atoms with Crippen LogP contribution in [0.25, 0.3) is 0 Å². The predicted molar refractivity (Wildman–Crippen MR) is 123 cm³/mol. The lowest BCUT2D eigenvalue weighted by Gasteiger charge is -2.50. The van der Waals surface area contributed by atoms with Gasteiger partial charge >= 0.3 is 0 Å². The second-order valence-corrected chi connectivity index (χ2v) is 8.56. The van der Waals surface area contributed by atoms with E-state index in [4.69, 9.17) is 9.47 Å². The Kier molecular flexibility index (Phi) is 7.55. The van der Waals surface area contributed by atoms with Crippen LogP contribution in [0.15, 0.2) is 91.0 Å². The van der Waals surface area contributed by atoms with Gasteiger partial charge in [-0.2, -0.15) is 0 Å². The van der Waals surface area contributed by atoms with E-state index < -0.39 is 36.1 Å². The van der Waals surface area contributed by atoms with Gasteiger partial charge in [-0.3, -0.25) is 0 Å². The fourth-order valence-corrected chi connectivity index (χ4v) is 4.35. The Labute approximate surface area is 193 Å². The number of aliphatic hydroxyl groups excluding tert-OH is 3. The molecule has 3 aromatic rings. The van der Waals surface area contributed by atoms with Crippen molar-refractivity contribution in [3.8, 4) is 0 Å². The van der Waals surface area contributed by atoms with Crippen LogP contribution in [0.2, 0.25) is 0 Å². The van der Waals surface area contributed by atoms with Gasteiger partial charge in [0.25, 0.3) is 0 Å². The van der Waals surface area contributed by atoms with Crippen molar-refractivity contribution in [2.75, 3.05) is 0 Å². The van der Waals surface area contributed by atoms with Crippen molar-refractivity contribution in [1.29, 1.82) is 0 Å². The molecule has 4 rings (SSSR count). The molecule has 0 bridgehead atoms. The topological polar surface area (TPSA) is 99.4 Å². The summed E-state index contributed by atoms with van der Waals surface area (Å²) >= 11 is 0. The molecule has 6 nitrogen and oxygen atoms in total. The van der Waals surface area contributed by atoms with E-state index in [1.54, 1.807) is 0 Å². The number of rotatable bonds is 8. The summed E-state index contributed by atoms with van der Waals surface area (Å²) in [5.41, 5.74) is 0.467. The fraction of sp³-hybridized carbons (Fsp3) is 0.333. The summed E-state index contributed by atoms with van der Waals surface area (Å²) in [4.78, 5) is 0. The van der Waals surface area contributed by atoms with Crippen LogP contribution in [-0.4, -0.2) is 56.5 Å². The molecule has 174 valence electrons. The molecule has 6 heteroatoms. The van der Waals surface area contributed by atoms with Gasteiger partial charge in [0.15, 0.2) is 0 Å². The highest BCUT2D eigenvalue weighted by Crippen LogP contribution is 2.36. The highest BCUT2D eigenvalue weighted by Gasteiger charge is 2.59. The molecule has 0 radical (unpaired) electrons. The minimum Gasteiger partial charge on any atom is -0.387 e. The summed E-state index contributed by atoms with van der Waals surface area (Å²) in [7, 11) is 0. The average molecular weight is 451 g/mol. The summed E-state index contributed by atoms with van der Waals surface area (Å²) in [5.74, 6) is 0. The highest BCUT2D eigenvalue weighted by molar-refractivity contribution is 5.22. The van der Waals surface area contributed by atoms with Gasteiger partial charge in [-0.25, -0.2) is 0 Å². The zero-order chi connectivity index (χ0) is 23.3. The first-order chi connectivity index (χ1) is 16.0. The van der Waals surface area contributed by atoms with E-state index in [1.165, 1.54) is 0 Å². The lowest BCUT2D eigenvalue weighted by Crippen LogP contribution is -2.72. The fourth-order valence-electron chi connectivity index (χ4n) is 4.35. The smallest absolute Gasteiger partial charge is 0.125 e. The summed E-state index contributed by atoms with van der Waals surface area (Å²) < 4.78 is 11.8. The first-order valence-corrected chi connectivity index (χ1v) is 11.1. The Bertz CT molecular complexity index is 924. The van der Waals surface area contributed by atoms with Crippen LogP contribution in [0.5, 0.6) is 0 Å². The second-order valence-electron chi connectivity index (χ2n) is 8.56. The normalized spacial score (nSPS) is 29.6. The summed E-state index contributed by atoms with van der Waals surface area (Å²) in [6.45, 7) is 0.255. The zero-order valence-corrected chi connectivity index (χ0v) is 18.3. The van der Waals surface area contributed by atoms with E-state index in [0.717, 1.165) is 16.7 Å². The zero-order valence-electron chi connectivity index (χ0n) is 18.3. The molecule has 6 atom stereocenters. The predicted octanol–water partition coefficient (Wildman–Crippen LogP) is 2.23. The van der Waals surface area contributed by atoms with Gasteiger partial charge in [0.05, 0.1) is 13.2 Å². The molecule has 1 fully saturated rings. The number of ether oxygens (including phenoxy) is 2. The number of benzene rings is 3. The highest BCUT2D eigenvalue weighted by atomic mass is 16.5. The first-order valence-electron chi connectivity index (χ1n) is 11.1. The third-order valence-electron chi connectivity index (χ3n) is 6.22. The molecule has 1 aliphatic carbocycles. The van der Waals surface area contributed by atoms with E-state index in [9.17, 15) is 20.4 Å². The van der Waals surface area contributed by atoms with E-state index >= 15 is 0 Å². The Morgan fingerprint density at radius 1 is 0.576 bits per heavy atom. The van der Waals surface area contributed by atoms with Gasteiger partial charge in [-0.15, -0.1) is 0 Å². The van der Waals surface area contributed by atoms with Crippen LogP contribution in [0.3, 0.4) is 0 Å². The van der Waals surface area contributed by atoms with Gasteiger partial charge in [0.2, 0.25) is 0 Å². The van der Waals surface area contributed by atoms with Crippen LogP contribution < -0.4 is 0 Å². The van der Waals surface area contributed by atoms with Gasteiger partial charge in [0.1, 0.15) is 36.1 Å². The number of hydrogen-bond acceptors (Lipinski definition) is 6. The molecule has 2 unspecified atom stereocenters. The van der Waals surface area contributed by atoms with Crippen LogP contribution in [0.4, 0.5) is 0 Å². The monoisotopic (exact) mass is 450 g/mol. The van der Waals surface area contributed by atoms with E-state index in [0.29, 0.717) is 0 Å². The third kappa shape index (κ3) is 5.33. The van der Waals surface area contributed by atoms with Crippen molar-refractivity contribution in [2.45, 2.75) is 55.8 Å². The maximum absolute atomic E-state index is 11.5. The minimum absolute atomic E-state index is 0.0285. The lowest BCUT2D eigenvalue weighted by molar-refractivity contribution is -0.287. The average Bonchev–Trinajstić information content (AvgIpc) is 2.85. The Morgan fingerprint density at radius 2 is 0.939 bits per heavy atom. The summed E-state index contributed by atoms with van der Waals surface area (Å²) in [5, 5.41) is 44.8. The van der Waals surface area contributed by atoms with Gasteiger partial charge in [-0.05, 0) is 16.7 Å². The Hall–Kier alpha value is -2.58. The molecule has 4 N–H and O–H groups in total. The summed E-state index contributed by atoms with van der Waals surface area (Å²) in [6, 6.07) is 27.8. The quantitative estimate of drug-likeness (QED) is 0.420. The first kappa shape index (κ1) is 23.6. The Balaban J connectivity index is 1.59. The van der Waals surface area contributed by atoms with Crippen LogP contribution in [0, 0.1) is 0 Å². The molecule has 1 aliphatic rings. The molecule has 0 amide bonds. The van der Waals surface area contributed by atoms with Gasteiger partial charge in [-0.1, -0.05) is 91.0 Å². The van der Waals surface area contributed by atoms with Crippen molar-refractivity contribution in [3.05, 3.63) is 108 Å². The molecule has 0 spiro atoms. The van der Waals surface area contributed by atoms with E-state index in [2.05, 4.69) is 0 Å². The van der Waals surface area contributed by atoms with Crippen molar-refractivity contribution in [3.63, 3.8) is 0 Å². The molecule has 3 aromatic carbocycles. The molecule has 0 heterocycles. The van der Waals surface area contributed by atoms with Crippen molar-refractivity contribution in [2.24, 2.45) is 0 Å². The van der Waals surface area contributed by atoms with E-state index in [-0.39, 0.29) is 19.6 Å². The number of aliphatic hydroxyl groups is 4. The largest absolute Gasteiger partial charge is 0.387 e. The maximum atomic E-state index is 11.5. The van der Waals surface area contributed by atoms with Crippen molar-refractivity contribution < 1.29 is 29.9 Å². The second kappa shape index (κ2) is 10.6. The molecule has 0 saturated heterocycles. The lowest BCUT2D eigenvalue weighted by atomic mass is 9.71. The molecule has 0 aromatic heterocycles. The molecular formula is C27H30O6. The Morgan fingerprint density at radius 3 is 1.33 bits per heavy atom. The SMILES string of the molecule is OC1[C@H](OCc2ccccc2)[C@@H](O)C(O)(Cc2ccccc2)[C@@H](O)[C@H]1OCc1ccccc1. The maximum Gasteiger partial charge on any atom is 0.125 e. The third-order valence-corrected chi connectivity index (χ3v) is 6.22. The van der Waals surface area contributed by atoms with Gasteiger partial charge < -0.3 is 29.9 Å². The van der Waals surface area contributed by atoms with Crippen LogP contribution in [-0.2, 0) is 29.1 Å². The van der Waals surface area contributed by atoms with Crippen LogP contribution in [0.1, 0.15) is 16.7 Å². The summed E-state index contributed by atoms with van der Waals surface area (Å²) in [6.07, 6.45) is -6.78. The molecule has 33 heavy (non-hydrogen) atoms. The molecule has 0 aliphatic heterocycles. The van der Waals surface area contributed by atoms with Crippen LogP contribution >= 0.6 is 0 Å². The van der Waals surface area contributed by atoms with Crippen molar-refractivity contribution >= 4 is 0 Å².